The van der Waals surface area contributed by atoms with Crippen molar-refractivity contribution in [3.63, 3.8) is 0 Å². The van der Waals surface area contributed by atoms with Gasteiger partial charge >= 0.3 is 0 Å². The average Bonchev–Trinajstić information content (AvgIpc) is 2.95. The topological polar surface area (TPSA) is 41.1 Å². The second kappa shape index (κ2) is 5.94. The molecule has 3 rings (SSSR count). The Bertz CT molecular complexity index is 607. The second-order valence-corrected chi connectivity index (χ2v) is 6.42. The highest BCUT2D eigenvalue weighted by Gasteiger charge is 2.25. The summed E-state index contributed by atoms with van der Waals surface area (Å²) in [6.07, 6.45) is 3.29. The van der Waals surface area contributed by atoms with Gasteiger partial charge in [0.25, 0.3) is 0 Å². The molecule has 2 aromatic rings. The summed E-state index contributed by atoms with van der Waals surface area (Å²) >= 11 is 1.72. The minimum Gasteiger partial charge on any atom is -0.325 e. The minimum absolute atomic E-state index is 0.0492. The molecular weight excluding hydrogens is 268 g/mol. The van der Waals surface area contributed by atoms with Crippen molar-refractivity contribution in [2.75, 3.05) is 11.9 Å². The molecule has 2 atom stereocenters. The van der Waals surface area contributed by atoms with Crippen molar-refractivity contribution in [3.05, 3.63) is 29.6 Å². The molecule has 4 heteroatoms. The van der Waals surface area contributed by atoms with Crippen LogP contribution in [-0.4, -0.2) is 18.5 Å². The molecule has 1 aromatic carbocycles. The number of piperidine rings is 1. The van der Waals surface area contributed by atoms with Crippen LogP contribution < -0.4 is 10.6 Å². The highest BCUT2D eigenvalue weighted by molar-refractivity contribution is 7.17. The maximum Gasteiger partial charge on any atom is 0.241 e. The van der Waals surface area contributed by atoms with E-state index in [4.69, 9.17) is 0 Å². The number of thiophene rings is 1. The first-order chi connectivity index (χ1) is 9.76. The van der Waals surface area contributed by atoms with Gasteiger partial charge in [-0.3, -0.25) is 4.79 Å². The molecule has 0 radical (unpaired) electrons. The molecule has 0 aliphatic carbocycles. The second-order valence-electron chi connectivity index (χ2n) is 5.47. The molecule has 1 amide bonds. The number of fused-ring (bicyclic) bond motifs is 1. The summed E-state index contributed by atoms with van der Waals surface area (Å²) in [4.78, 5) is 12.3. The van der Waals surface area contributed by atoms with Crippen molar-refractivity contribution in [1.29, 1.82) is 0 Å². The van der Waals surface area contributed by atoms with Gasteiger partial charge in [-0.15, -0.1) is 11.3 Å². The zero-order valence-corrected chi connectivity index (χ0v) is 12.5. The summed E-state index contributed by atoms with van der Waals surface area (Å²) in [5, 5.41) is 9.63. The number of hydrogen-bond acceptors (Lipinski definition) is 3. The Balaban J connectivity index is 1.68. The molecule has 2 N–H and O–H groups in total. The molecule has 1 aliphatic heterocycles. The zero-order chi connectivity index (χ0) is 13.9. The van der Waals surface area contributed by atoms with Crippen molar-refractivity contribution in [3.8, 4) is 0 Å². The Morgan fingerprint density at radius 2 is 2.35 bits per heavy atom. The zero-order valence-electron chi connectivity index (χ0n) is 11.7. The fourth-order valence-electron chi connectivity index (χ4n) is 2.84. The van der Waals surface area contributed by atoms with E-state index in [-0.39, 0.29) is 11.9 Å². The van der Waals surface area contributed by atoms with Crippen molar-refractivity contribution in [2.45, 2.75) is 32.2 Å². The van der Waals surface area contributed by atoms with Gasteiger partial charge in [0.15, 0.2) is 0 Å². The van der Waals surface area contributed by atoms with Gasteiger partial charge < -0.3 is 10.6 Å². The van der Waals surface area contributed by atoms with E-state index in [2.05, 4.69) is 35.1 Å². The lowest BCUT2D eigenvalue weighted by atomic mass is 9.90. The van der Waals surface area contributed by atoms with Gasteiger partial charge in [0, 0.05) is 10.4 Å². The lowest BCUT2D eigenvalue weighted by Gasteiger charge is -2.28. The number of anilines is 1. The Morgan fingerprint density at radius 3 is 3.20 bits per heavy atom. The van der Waals surface area contributed by atoms with E-state index in [1.807, 2.05) is 12.1 Å². The van der Waals surface area contributed by atoms with Crippen LogP contribution >= 0.6 is 11.3 Å². The Labute approximate surface area is 123 Å². The van der Waals surface area contributed by atoms with Crippen LogP contribution in [0.5, 0.6) is 0 Å². The van der Waals surface area contributed by atoms with Crippen LogP contribution in [0.1, 0.15) is 26.2 Å². The van der Waals surface area contributed by atoms with Gasteiger partial charge in [-0.05, 0) is 60.3 Å². The fourth-order valence-corrected chi connectivity index (χ4v) is 3.61. The largest absolute Gasteiger partial charge is 0.325 e. The van der Waals surface area contributed by atoms with E-state index < -0.39 is 0 Å². The minimum atomic E-state index is -0.0492. The molecule has 2 heterocycles. The fraction of sp³-hybridized carbons (Fsp3) is 0.438. The van der Waals surface area contributed by atoms with Crippen LogP contribution in [0, 0.1) is 5.92 Å². The number of carbonyl (C=O) groups is 1. The molecule has 0 saturated carbocycles. The predicted octanol–water partition coefficient (Wildman–Crippen LogP) is 3.62. The van der Waals surface area contributed by atoms with E-state index in [0.29, 0.717) is 5.92 Å². The monoisotopic (exact) mass is 288 g/mol. The highest BCUT2D eigenvalue weighted by Crippen LogP contribution is 2.25. The van der Waals surface area contributed by atoms with Crippen LogP contribution in [0.15, 0.2) is 29.6 Å². The van der Waals surface area contributed by atoms with Crippen molar-refractivity contribution in [1.82, 2.24) is 5.32 Å². The molecule has 0 bridgehead atoms. The maximum absolute atomic E-state index is 12.3. The summed E-state index contributed by atoms with van der Waals surface area (Å²) < 4.78 is 1.25. The van der Waals surface area contributed by atoms with Crippen LogP contribution in [0.3, 0.4) is 0 Å². The Kier molecular flexibility index (Phi) is 4.03. The molecule has 106 valence electrons. The first kappa shape index (κ1) is 13.6. The lowest BCUT2D eigenvalue weighted by molar-refractivity contribution is -0.119. The van der Waals surface area contributed by atoms with Crippen LogP contribution in [-0.2, 0) is 4.79 Å². The van der Waals surface area contributed by atoms with Crippen LogP contribution in [0.4, 0.5) is 5.69 Å². The smallest absolute Gasteiger partial charge is 0.241 e. The first-order valence-electron chi connectivity index (χ1n) is 7.27. The van der Waals surface area contributed by atoms with Crippen LogP contribution in [0.2, 0.25) is 0 Å². The number of amides is 1. The number of benzene rings is 1. The molecule has 1 fully saturated rings. The SMILES string of the molecule is CCC1CCNC(C(=O)Nc2ccc3sccc3c2)C1. The molecule has 1 aliphatic rings. The summed E-state index contributed by atoms with van der Waals surface area (Å²) in [5.41, 5.74) is 0.890. The third kappa shape index (κ3) is 2.86. The third-order valence-electron chi connectivity index (χ3n) is 4.13. The number of nitrogens with one attached hydrogen (secondary N) is 2. The summed E-state index contributed by atoms with van der Waals surface area (Å²) in [6, 6.07) is 8.13. The average molecular weight is 288 g/mol. The molecule has 1 saturated heterocycles. The van der Waals surface area contributed by atoms with Gasteiger partial charge in [-0.1, -0.05) is 13.3 Å². The Morgan fingerprint density at radius 1 is 1.45 bits per heavy atom. The van der Waals surface area contributed by atoms with Crippen molar-refractivity contribution in [2.24, 2.45) is 5.92 Å². The normalized spacial score (nSPS) is 22.9. The molecule has 0 spiro atoms. The van der Waals surface area contributed by atoms with Crippen LogP contribution in [0.25, 0.3) is 10.1 Å². The third-order valence-corrected chi connectivity index (χ3v) is 5.02. The summed E-state index contributed by atoms with van der Waals surface area (Å²) in [6.45, 7) is 3.15. The number of rotatable bonds is 3. The van der Waals surface area contributed by atoms with Crippen molar-refractivity contribution < 1.29 is 4.79 Å². The molecule has 2 unspecified atom stereocenters. The molecule has 20 heavy (non-hydrogen) atoms. The molecule has 3 nitrogen and oxygen atoms in total. The highest BCUT2D eigenvalue weighted by atomic mass is 32.1. The van der Waals surface area contributed by atoms with Gasteiger partial charge in [-0.2, -0.15) is 0 Å². The number of carbonyl (C=O) groups excluding carboxylic acids is 1. The van der Waals surface area contributed by atoms with Crippen molar-refractivity contribution >= 4 is 33.0 Å². The first-order valence-corrected chi connectivity index (χ1v) is 8.15. The molecular formula is C16H20N2OS. The molecule has 1 aromatic heterocycles. The maximum atomic E-state index is 12.3. The van der Waals surface area contributed by atoms with Gasteiger partial charge in [-0.25, -0.2) is 0 Å². The van der Waals surface area contributed by atoms with E-state index >= 15 is 0 Å². The van der Waals surface area contributed by atoms with E-state index in [0.717, 1.165) is 25.1 Å². The van der Waals surface area contributed by atoms with E-state index in [1.165, 1.54) is 16.5 Å². The quantitative estimate of drug-likeness (QED) is 0.905. The summed E-state index contributed by atoms with van der Waals surface area (Å²) in [7, 11) is 0. The van der Waals surface area contributed by atoms with E-state index in [1.54, 1.807) is 11.3 Å². The van der Waals surface area contributed by atoms with Gasteiger partial charge in [0.1, 0.15) is 0 Å². The van der Waals surface area contributed by atoms with Gasteiger partial charge in [0.05, 0.1) is 6.04 Å². The standard InChI is InChI=1S/C16H20N2OS/c1-2-11-5-7-17-14(9-11)16(19)18-13-3-4-15-12(10-13)6-8-20-15/h3-4,6,8,10-11,14,17H,2,5,7,9H2,1H3,(H,18,19). The van der Waals surface area contributed by atoms with Gasteiger partial charge in [0.2, 0.25) is 5.91 Å². The number of hydrogen-bond donors (Lipinski definition) is 2. The lowest BCUT2D eigenvalue weighted by Crippen LogP contribution is -2.46. The summed E-state index contributed by atoms with van der Waals surface area (Å²) in [5.74, 6) is 0.768. The predicted molar refractivity (Wildman–Crippen MR) is 85.3 cm³/mol. The Hall–Kier alpha value is -1.39. The van der Waals surface area contributed by atoms with E-state index in [9.17, 15) is 4.79 Å².